The van der Waals surface area contributed by atoms with Crippen LogP contribution in [0.3, 0.4) is 0 Å². The zero-order valence-electron chi connectivity index (χ0n) is 17.8. The molecule has 2 amide bonds. The maximum Gasteiger partial charge on any atom is 0.257 e. The molecule has 1 heterocycles. The van der Waals surface area contributed by atoms with Crippen molar-refractivity contribution in [2.24, 2.45) is 0 Å². The van der Waals surface area contributed by atoms with Gasteiger partial charge in [-0.3, -0.25) is 14.9 Å². The molecule has 8 nitrogen and oxygen atoms in total. The third-order valence-electron chi connectivity index (χ3n) is 5.09. The Balaban J connectivity index is 1.66. The second kappa shape index (κ2) is 10.1. The Morgan fingerprint density at radius 1 is 0.968 bits per heavy atom. The van der Waals surface area contributed by atoms with E-state index in [-0.39, 0.29) is 16.9 Å². The maximum atomic E-state index is 12.6. The van der Waals surface area contributed by atoms with Crippen molar-refractivity contribution in [3.63, 3.8) is 0 Å². The molecule has 2 N–H and O–H groups in total. The first-order chi connectivity index (χ1) is 14.9. The van der Waals surface area contributed by atoms with Crippen molar-refractivity contribution < 1.29 is 19.1 Å². The first-order valence-corrected chi connectivity index (χ1v) is 10.3. The highest BCUT2D eigenvalue weighted by Crippen LogP contribution is 2.28. The number of ether oxygens (including phenoxy) is 2. The summed E-state index contributed by atoms with van der Waals surface area (Å²) >= 11 is 5.37. The highest BCUT2D eigenvalue weighted by molar-refractivity contribution is 7.80. The van der Waals surface area contributed by atoms with Gasteiger partial charge in [0.2, 0.25) is 5.91 Å². The number of hydrogen-bond acceptors (Lipinski definition) is 6. The Bertz CT molecular complexity index is 974. The SMILES string of the molecule is COc1ccc(C(=O)NC(=S)Nc2ccccc2N2CCN(C(C)=O)CC2)cc1OC. The van der Waals surface area contributed by atoms with Crippen LogP contribution in [0.25, 0.3) is 0 Å². The summed E-state index contributed by atoms with van der Waals surface area (Å²) < 4.78 is 10.4. The van der Waals surface area contributed by atoms with Gasteiger partial charge in [-0.15, -0.1) is 0 Å². The van der Waals surface area contributed by atoms with Gasteiger partial charge in [0.25, 0.3) is 5.91 Å². The second-order valence-electron chi connectivity index (χ2n) is 6.99. The number of methoxy groups -OCH3 is 2. The van der Waals surface area contributed by atoms with Gasteiger partial charge < -0.3 is 24.6 Å². The van der Waals surface area contributed by atoms with Crippen LogP contribution in [0.5, 0.6) is 11.5 Å². The van der Waals surface area contributed by atoms with Crippen molar-refractivity contribution >= 4 is 40.5 Å². The third kappa shape index (κ3) is 5.43. The Morgan fingerprint density at radius 3 is 2.29 bits per heavy atom. The number of hydrogen-bond donors (Lipinski definition) is 2. The number of benzene rings is 2. The lowest BCUT2D eigenvalue weighted by molar-refractivity contribution is -0.129. The van der Waals surface area contributed by atoms with Gasteiger partial charge in [-0.1, -0.05) is 12.1 Å². The van der Waals surface area contributed by atoms with Crippen LogP contribution in [-0.2, 0) is 4.79 Å². The summed E-state index contributed by atoms with van der Waals surface area (Å²) in [6, 6.07) is 12.6. The van der Waals surface area contributed by atoms with Gasteiger partial charge in [0, 0.05) is 38.7 Å². The molecule has 1 saturated heterocycles. The lowest BCUT2D eigenvalue weighted by atomic mass is 10.2. The fourth-order valence-electron chi connectivity index (χ4n) is 3.42. The monoisotopic (exact) mass is 442 g/mol. The quantitative estimate of drug-likeness (QED) is 0.689. The van der Waals surface area contributed by atoms with E-state index in [4.69, 9.17) is 21.7 Å². The van der Waals surface area contributed by atoms with Gasteiger partial charge in [-0.25, -0.2) is 0 Å². The first-order valence-electron chi connectivity index (χ1n) is 9.86. The van der Waals surface area contributed by atoms with Gasteiger partial charge in [0.1, 0.15) is 0 Å². The van der Waals surface area contributed by atoms with E-state index in [1.807, 2.05) is 29.2 Å². The van der Waals surface area contributed by atoms with Crippen LogP contribution in [0, 0.1) is 0 Å². The molecule has 2 aromatic rings. The average molecular weight is 443 g/mol. The van der Waals surface area contributed by atoms with Gasteiger partial charge in [-0.2, -0.15) is 0 Å². The summed E-state index contributed by atoms with van der Waals surface area (Å²) in [5.74, 6) is 0.735. The van der Waals surface area contributed by atoms with Gasteiger partial charge in [0.15, 0.2) is 16.6 Å². The van der Waals surface area contributed by atoms with E-state index >= 15 is 0 Å². The molecule has 0 radical (unpaired) electrons. The van der Waals surface area contributed by atoms with E-state index in [9.17, 15) is 9.59 Å². The standard InChI is InChI=1S/C22H26N4O4S/c1-15(27)25-10-12-26(13-11-25)18-7-5-4-6-17(18)23-22(31)24-21(28)16-8-9-19(29-2)20(14-16)30-3/h4-9,14H,10-13H2,1-3H3,(H2,23,24,28,31). The number of para-hydroxylation sites is 2. The third-order valence-corrected chi connectivity index (χ3v) is 5.29. The molecule has 1 aliphatic rings. The molecule has 1 fully saturated rings. The lowest BCUT2D eigenvalue weighted by Gasteiger charge is -2.36. The molecular formula is C22H26N4O4S. The van der Waals surface area contributed by atoms with Gasteiger partial charge in [0.05, 0.1) is 25.6 Å². The molecule has 3 rings (SSSR count). The Kier molecular flexibility index (Phi) is 7.30. The highest BCUT2D eigenvalue weighted by Gasteiger charge is 2.21. The van der Waals surface area contributed by atoms with Crippen LogP contribution in [0.2, 0.25) is 0 Å². The molecule has 0 aromatic heterocycles. The van der Waals surface area contributed by atoms with Crippen LogP contribution in [0.4, 0.5) is 11.4 Å². The van der Waals surface area contributed by atoms with Crippen molar-refractivity contribution in [3.05, 3.63) is 48.0 Å². The molecule has 0 bridgehead atoms. The van der Waals surface area contributed by atoms with E-state index in [0.717, 1.165) is 24.5 Å². The fourth-order valence-corrected chi connectivity index (χ4v) is 3.63. The van der Waals surface area contributed by atoms with Crippen molar-refractivity contribution in [1.29, 1.82) is 0 Å². The van der Waals surface area contributed by atoms with Crippen LogP contribution < -0.4 is 25.0 Å². The summed E-state index contributed by atoms with van der Waals surface area (Å²) in [6.07, 6.45) is 0. The van der Waals surface area contributed by atoms with Crippen molar-refractivity contribution in [2.45, 2.75) is 6.92 Å². The number of rotatable bonds is 5. The zero-order chi connectivity index (χ0) is 22.4. The molecule has 0 saturated carbocycles. The number of thiocarbonyl (C=S) groups is 1. The van der Waals surface area contributed by atoms with E-state index in [1.165, 1.54) is 14.2 Å². The van der Waals surface area contributed by atoms with E-state index in [1.54, 1.807) is 25.1 Å². The van der Waals surface area contributed by atoms with Crippen LogP contribution >= 0.6 is 12.2 Å². The molecular weight excluding hydrogens is 416 g/mol. The zero-order valence-corrected chi connectivity index (χ0v) is 18.6. The van der Waals surface area contributed by atoms with Crippen LogP contribution in [-0.4, -0.2) is 62.2 Å². The summed E-state index contributed by atoms with van der Waals surface area (Å²) in [6.45, 7) is 4.38. The number of carbonyl (C=O) groups excluding carboxylic acids is 2. The van der Waals surface area contributed by atoms with Crippen molar-refractivity contribution in [2.75, 3.05) is 50.6 Å². The van der Waals surface area contributed by atoms with Gasteiger partial charge in [-0.05, 0) is 42.5 Å². The molecule has 2 aromatic carbocycles. The fraction of sp³-hybridized carbons (Fsp3) is 0.318. The number of anilines is 2. The minimum absolute atomic E-state index is 0.0881. The predicted octanol–water partition coefficient (Wildman–Crippen LogP) is 2.50. The minimum Gasteiger partial charge on any atom is -0.493 e. The molecule has 9 heteroatoms. The predicted molar refractivity (Wildman–Crippen MR) is 124 cm³/mol. The number of nitrogens with one attached hydrogen (secondary N) is 2. The Hall–Kier alpha value is -3.33. The Labute approximate surface area is 187 Å². The molecule has 0 unspecified atom stereocenters. The molecule has 0 spiro atoms. The summed E-state index contributed by atoms with van der Waals surface area (Å²) in [4.78, 5) is 28.2. The van der Waals surface area contributed by atoms with E-state index in [2.05, 4.69) is 15.5 Å². The number of nitrogens with zero attached hydrogens (tertiary/aromatic N) is 2. The normalized spacial score (nSPS) is 13.4. The topological polar surface area (TPSA) is 83.1 Å². The van der Waals surface area contributed by atoms with Gasteiger partial charge >= 0.3 is 0 Å². The number of amides is 2. The Morgan fingerprint density at radius 2 is 1.65 bits per heavy atom. The minimum atomic E-state index is -0.356. The average Bonchev–Trinajstić information content (AvgIpc) is 2.78. The van der Waals surface area contributed by atoms with E-state index < -0.39 is 0 Å². The van der Waals surface area contributed by atoms with Crippen molar-refractivity contribution in [1.82, 2.24) is 10.2 Å². The van der Waals surface area contributed by atoms with E-state index in [0.29, 0.717) is 30.2 Å². The van der Waals surface area contributed by atoms with Crippen molar-refractivity contribution in [3.8, 4) is 11.5 Å². The van der Waals surface area contributed by atoms with Crippen LogP contribution in [0.1, 0.15) is 17.3 Å². The van der Waals surface area contributed by atoms with Crippen LogP contribution in [0.15, 0.2) is 42.5 Å². The molecule has 164 valence electrons. The molecule has 0 atom stereocenters. The molecule has 0 aliphatic carbocycles. The summed E-state index contributed by atoms with van der Waals surface area (Å²) in [5, 5.41) is 6.00. The molecule has 1 aliphatic heterocycles. The molecule has 31 heavy (non-hydrogen) atoms. The summed E-state index contributed by atoms with van der Waals surface area (Å²) in [5.41, 5.74) is 2.15. The number of piperazine rings is 1. The highest BCUT2D eigenvalue weighted by atomic mass is 32.1. The lowest BCUT2D eigenvalue weighted by Crippen LogP contribution is -2.48. The smallest absolute Gasteiger partial charge is 0.257 e. The summed E-state index contributed by atoms with van der Waals surface area (Å²) in [7, 11) is 3.05. The number of carbonyl (C=O) groups is 2. The maximum absolute atomic E-state index is 12.6. The first kappa shape index (κ1) is 22.4. The second-order valence-corrected chi connectivity index (χ2v) is 7.40. The largest absolute Gasteiger partial charge is 0.493 e.